The average molecular weight is 384 g/mol. The highest BCUT2D eigenvalue weighted by Crippen LogP contribution is 2.22. The number of aryl methyl sites for hydroxylation is 1. The van der Waals surface area contributed by atoms with Crippen molar-refractivity contribution in [2.75, 3.05) is 0 Å². The number of carbonyl (C=O) groups is 1. The first kappa shape index (κ1) is 17.7. The van der Waals surface area contributed by atoms with Crippen molar-refractivity contribution in [2.45, 2.75) is 44.4 Å². The van der Waals surface area contributed by atoms with Crippen molar-refractivity contribution in [3.05, 3.63) is 34.6 Å². The summed E-state index contributed by atoms with van der Waals surface area (Å²) in [5.74, 6) is -0.274. The minimum atomic E-state index is -0.737. The third kappa shape index (κ3) is 4.16. The molecule has 27 heavy (non-hydrogen) atoms. The zero-order valence-electron chi connectivity index (χ0n) is 14.9. The summed E-state index contributed by atoms with van der Waals surface area (Å²) in [5, 5.41) is 22.2. The number of carbonyl (C=O) groups excluding carboxylic acids is 1. The molecule has 9 nitrogen and oxygen atoms in total. The van der Waals surface area contributed by atoms with Crippen molar-refractivity contribution < 1.29 is 4.79 Å². The first-order chi connectivity index (χ1) is 13.2. The van der Waals surface area contributed by atoms with Gasteiger partial charge in [0, 0.05) is 18.2 Å². The van der Waals surface area contributed by atoms with E-state index in [1.807, 2.05) is 23.9 Å². The topological polar surface area (TPSA) is 109 Å². The van der Waals surface area contributed by atoms with Crippen LogP contribution in [0.25, 0.3) is 10.6 Å². The number of nitrogens with zero attached hydrogens (tertiary/aromatic N) is 7. The Balaban J connectivity index is 1.49. The van der Waals surface area contributed by atoms with E-state index in [1.165, 1.54) is 19.3 Å². The van der Waals surface area contributed by atoms with E-state index >= 15 is 0 Å². The Kier molecular flexibility index (Phi) is 5.14. The summed E-state index contributed by atoms with van der Waals surface area (Å²) in [4.78, 5) is 18.0. The third-order valence-electron chi connectivity index (χ3n) is 4.59. The van der Waals surface area contributed by atoms with Crippen LogP contribution in [0.2, 0.25) is 0 Å². The maximum atomic E-state index is 12.2. The summed E-state index contributed by atoms with van der Waals surface area (Å²) in [6, 6.07) is 7.70. The van der Waals surface area contributed by atoms with Crippen molar-refractivity contribution in [1.82, 2.24) is 15.1 Å². The van der Waals surface area contributed by atoms with Gasteiger partial charge in [0.1, 0.15) is 5.01 Å². The molecule has 0 atom stereocenters. The molecule has 0 unspecified atom stereocenters. The first-order valence-electron chi connectivity index (χ1n) is 8.98. The Labute approximate surface area is 159 Å². The quantitative estimate of drug-likeness (QED) is 0.873. The molecule has 0 spiro atoms. The number of nitrogens with one attached hydrogen (secondary N) is 1. The van der Waals surface area contributed by atoms with Crippen LogP contribution >= 0.6 is 11.3 Å². The molecule has 1 aliphatic carbocycles. The van der Waals surface area contributed by atoms with Crippen LogP contribution in [0.1, 0.15) is 42.5 Å². The standard InChI is InChI=1S/C17H20N8OS/c1-25-17(18-13-5-3-2-4-6-13)27-15(22-25)12-9-7-11(8-10-12)14(26)19-16-20-23-24-21-16/h7-10,13,16H,2-6H2,1H3,(H,19,26). The van der Waals surface area contributed by atoms with Crippen LogP contribution in [-0.4, -0.2) is 28.0 Å². The van der Waals surface area contributed by atoms with E-state index in [0.29, 0.717) is 11.6 Å². The monoisotopic (exact) mass is 384 g/mol. The molecule has 2 aliphatic rings. The lowest BCUT2D eigenvalue weighted by Crippen LogP contribution is -2.30. The second-order valence-electron chi connectivity index (χ2n) is 6.57. The average Bonchev–Trinajstić information content (AvgIpc) is 3.33. The fourth-order valence-electron chi connectivity index (χ4n) is 3.13. The van der Waals surface area contributed by atoms with Gasteiger partial charge in [-0.1, -0.05) is 42.7 Å². The molecule has 0 bridgehead atoms. The van der Waals surface area contributed by atoms with Crippen LogP contribution in [0.4, 0.5) is 0 Å². The number of amides is 1. The fraction of sp³-hybridized carbons (Fsp3) is 0.471. The molecule has 1 saturated carbocycles. The lowest BCUT2D eigenvalue weighted by molar-refractivity contribution is 0.0939. The fourth-order valence-corrected chi connectivity index (χ4v) is 4.10. The molecule has 0 radical (unpaired) electrons. The molecule has 1 aromatic carbocycles. The van der Waals surface area contributed by atoms with Gasteiger partial charge < -0.3 is 5.32 Å². The van der Waals surface area contributed by atoms with E-state index in [1.54, 1.807) is 23.5 Å². The van der Waals surface area contributed by atoms with Gasteiger partial charge in [0.05, 0.1) is 6.04 Å². The predicted octanol–water partition coefficient (Wildman–Crippen LogP) is 3.23. The van der Waals surface area contributed by atoms with Crippen LogP contribution < -0.4 is 10.1 Å². The predicted molar refractivity (Wildman–Crippen MR) is 99.9 cm³/mol. The summed E-state index contributed by atoms with van der Waals surface area (Å²) in [5.41, 5.74) is 1.47. The molecule has 140 valence electrons. The van der Waals surface area contributed by atoms with E-state index in [0.717, 1.165) is 28.2 Å². The summed E-state index contributed by atoms with van der Waals surface area (Å²) in [7, 11) is 1.92. The smallest absolute Gasteiger partial charge is 0.258 e. The number of benzene rings is 1. The minimum absolute atomic E-state index is 0.274. The molecule has 2 aromatic rings. The second-order valence-corrected chi connectivity index (χ2v) is 7.52. The highest BCUT2D eigenvalue weighted by atomic mass is 32.1. The maximum absolute atomic E-state index is 12.2. The Morgan fingerprint density at radius 2 is 1.85 bits per heavy atom. The Morgan fingerprint density at radius 1 is 1.15 bits per heavy atom. The van der Waals surface area contributed by atoms with Gasteiger partial charge in [-0.2, -0.15) is 5.10 Å². The van der Waals surface area contributed by atoms with Crippen LogP contribution in [-0.2, 0) is 7.05 Å². The zero-order chi connectivity index (χ0) is 18.6. The third-order valence-corrected chi connectivity index (χ3v) is 5.65. The molecule has 1 aliphatic heterocycles. The van der Waals surface area contributed by atoms with Crippen LogP contribution in [0.15, 0.2) is 49.9 Å². The second kappa shape index (κ2) is 7.87. The molecule has 10 heteroatoms. The number of hydrogen-bond acceptors (Lipinski definition) is 8. The normalized spacial score (nSPS) is 18.3. The van der Waals surface area contributed by atoms with Crippen molar-refractivity contribution in [2.24, 2.45) is 32.7 Å². The minimum Gasteiger partial charge on any atom is -0.309 e. The highest BCUT2D eigenvalue weighted by Gasteiger charge is 2.16. The molecular weight excluding hydrogens is 364 g/mol. The SMILES string of the molecule is Cn1nc(-c2ccc(C(=O)NC3N=NN=N3)cc2)sc1=NC1CCCCC1. The largest absolute Gasteiger partial charge is 0.309 e. The van der Waals surface area contributed by atoms with Crippen LogP contribution in [0, 0.1) is 0 Å². The van der Waals surface area contributed by atoms with Gasteiger partial charge in [0.25, 0.3) is 12.2 Å². The van der Waals surface area contributed by atoms with Crippen molar-refractivity contribution >= 4 is 17.2 Å². The highest BCUT2D eigenvalue weighted by molar-refractivity contribution is 7.12. The summed E-state index contributed by atoms with van der Waals surface area (Å²) in [6.45, 7) is 0. The van der Waals surface area contributed by atoms with Crippen LogP contribution in [0.5, 0.6) is 0 Å². The van der Waals surface area contributed by atoms with Crippen molar-refractivity contribution in [3.63, 3.8) is 0 Å². The van der Waals surface area contributed by atoms with E-state index < -0.39 is 6.29 Å². The zero-order valence-corrected chi connectivity index (χ0v) is 15.8. The van der Waals surface area contributed by atoms with Gasteiger partial charge in [-0.25, -0.2) is 4.68 Å². The molecule has 1 aromatic heterocycles. The Morgan fingerprint density at radius 3 is 2.56 bits per heavy atom. The van der Waals surface area contributed by atoms with Crippen LogP contribution in [0.3, 0.4) is 0 Å². The maximum Gasteiger partial charge on any atom is 0.258 e. The molecule has 1 amide bonds. The molecule has 2 heterocycles. The van der Waals surface area contributed by atoms with Gasteiger partial charge >= 0.3 is 0 Å². The Bertz CT molecular complexity index is 925. The van der Waals surface area contributed by atoms with Gasteiger partial charge in [-0.05, 0) is 35.4 Å². The van der Waals surface area contributed by atoms with Gasteiger partial charge in [0.2, 0.25) is 4.80 Å². The van der Waals surface area contributed by atoms with E-state index in [4.69, 9.17) is 4.99 Å². The van der Waals surface area contributed by atoms with Crippen molar-refractivity contribution in [3.8, 4) is 10.6 Å². The van der Waals surface area contributed by atoms with E-state index in [2.05, 4.69) is 31.1 Å². The summed E-state index contributed by atoms with van der Waals surface area (Å²) >= 11 is 1.58. The number of rotatable bonds is 4. The Hall–Kier alpha value is -2.75. The summed E-state index contributed by atoms with van der Waals surface area (Å²) in [6.07, 6.45) is 5.43. The van der Waals surface area contributed by atoms with Gasteiger partial charge in [-0.3, -0.25) is 9.79 Å². The van der Waals surface area contributed by atoms with Gasteiger partial charge in [-0.15, -0.1) is 10.2 Å². The molecule has 1 fully saturated rings. The lowest BCUT2D eigenvalue weighted by atomic mass is 9.96. The molecule has 0 saturated heterocycles. The van der Waals surface area contributed by atoms with Gasteiger partial charge in [0.15, 0.2) is 0 Å². The molecular formula is C17H20N8OS. The van der Waals surface area contributed by atoms with E-state index in [9.17, 15) is 4.79 Å². The first-order valence-corrected chi connectivity index (χ1v) is 9.80. The van der Waals surface area contributed by atoms with Crippen molar-refractivity contribution in [1.29, 1.82) is 0 Å². The number of aromatic nitrogens is 2. The molecule has 4 rings (SSSR count). The molecule has 1 N–H and O–H groups in total. The summed E-state index contributed by atoms with van der Waals surface area (Å²) < 4.78 is 1.84. The number of hydrogen-bond donors (Lipinski definition) is 1. The van der Waals surface area contributed by atoms with E-state index in [-0.39, 0.29) is 5.91 Å². The lowest BCUT2D eigenvalue weighted by Gasteiger charge is -2.16.